The van der Waals surface area contributed by atoms with Gasteiger partial charge in [0, 0.05) is 24.5 Å². The Morgan fingerprint density at radius 2 is 1.79 bits per heavy atom. The molecule has 0 atom stereocenters. The van der Waals surface area contributed by atoms with E-state index in [9.17, 15) is 0 Å². The van der Waals surface area contributed by atoms with Gasteiger partial charge in [-0.25, -0.2) is 9.97 Å². The van der Waals surface area contributed by atoms with E-state index in [0.717, 1.165) is 29.1 Å². The predicted molar refractivity (Wildman–Crippen MR) is 74.8 cm³/mol. The van der Waals surface area contributed by atoms with Gasteiger partial charge >= 0.3 is 0 Å². The molecule has 0 saturated heterocycles. The lowest BCUT2D eigenvalue weighted by molar-refractivity contribution is 0.779. The van der Waals surface area contributed by atoms with E-state index in [-0.39, 0.29) is 0 Å². The van der Waals surface area contributed by atoms with Crippen molar-refractivity contribution in [2.24, 2.45) is 5.73 Å². The molecule has 2 heterocycles. The zero-order valence-corrected chi connectivity index (χ0v) is 11.9. The highest BCUT2D eigenvalue weighted by Gasteiger charge is 2.14. The van der Waals surface area contributed by atoms with Crippen LogP contribution in [0.5, 0.6) is 0 Å². The number of hydrogen-bond acceptors (Lipinski definition) is 6. The zero-order chi connectivity index (χ0) is 13.7. The second-order valence-electron chi connectivity index (χ2n) is 3.95. The first-order chi connectivity index (χ1) is 9.30. The summed E-state index contributed by atoms with van der Waals surface area (Å²) in [5.41, 5.74) is 9.18. The fourth-order valence-corrected chi connectivity index (χ4v) is 2.76. The summed E-state index contributed by atoms with van der Waals surface area (Å²) in [5, 5.41) is 10.0. The predicted octanol–water partition coefficient (Wildman–Crippen LogP) is 2.00. The summed E-state index contributed by atoms with van der Waals surface area (Å²) in [6.07, 6.45) is 5.21. The summed E-state index contributed by atoms with van der Waals surface area (Å²) in [5.74, 6) is 0. The molecule has 0 amide bonds. The van der Waals surface area contributed by atoms with Gasteiger partial charge in [-0.15, -0.1) is 5.10 Å². The molecular formula is C13H17N5S. The van der Waals surface area contributed by atoms with Gasteiger partial charge in [-0.05, 0) is 36.2 Å². The van der Waals surface area contributed by atoms with E-state index >= 15 is 0 Å². The molecule has 5 nitrogen and oxygen atoms in total. The first-order valence-electron chi connectivity index (χ1n) is 6.32. The van der Waals surface area contributed by atoms with Crippen LogP contribution < -0.4 is 5.73 Å². The van der Waals surface area contributed by atoms with Crippen LogP contribution in [0.2, 0.25) is 0 Å². The summed E-state index contributed by atoms with van der Waals surface area (Å²) in [6, 6.07) is 1.79. The Balaban J connectivity index is 2.40. The maximum Gasteiger partial charge on any atom is 0.193 e. The lowest BCUT2D eigenvalue weighted by atomic mass is 10.0. The fourth-order valence-electron chi connectivity index (χ4n) is 1.95. The van der Waals surface area contributed by atoms with E-state index < -0.39 is 0 Å². The van der Waals surface area contributed by atoms with E-state index in [0.29, 0.717) is 11.7 Å². The van der Waals surface area contributed by atoms with Crippen LogP contribution in [0.4, 0.5) is 0 Å². The molecule has 0 aliphatic heterocycles. The van der Waals surface area contributed by atoms with Crippen molar-refractivity contribution in [3.05, 3.63) is 35.3 Å². The van der Waals surface area contributed by atoms with Crippen LogP contribution in [-0.2, 0) is 19.4 Å². The molecule has 0 aromatic carbocycles. The third-order valence-electron chi connectivity index (χ3n) is 2.85. The summed E-state index contributed by atoms with van der Waals surface area (Å²) in [7, 11) is 0. The Morgan fingerprint density at radius 1 is 1.05 bits per heavy atom. The van der Waals surface area contributed by atoms with Gasteiger partial charge in [-0.1, -0.05) is 13.8 Å². The number of nitrogens with zero attached hydrogens (tertiary/aromatic N) is 4. The van der Waals surface area contributed by atoms with Gasteiger partial charge in [-0.2, -0.15) is 5.10 Å². The van der Waals surface area contributed by atoms with Gasteiger partial charge in [0.15, 0.2) is 5.16 Å². The summed E-state index contributed by atoms with van der Waals surface area (Å²) in [6.45, 7) is 4.65. The molecule has 0 radical (unpaired) electrons. The fraction of sp³-hybridized carbons (Fsp3) is 0.385. The molecule has 2 aromatic rings. The summed E-state index contributed by atoms with van der Waals surface area (Å²) < 4.78 is 0. The molecule has 0 fully saturated rings. The highest BCUT2D eigenvalue weighted by molar-refractivity contribution is 7.99. The van der Waals surface area contributed by atoms with Crippen molar-refractivity contribution in [2.75, 3.05) is 0 Å². The zero-order valence-electron chi connectivity index (χ0n) is 11.1. The highest BCUT2D eigenvalue weighted by atomic mass is 32.2. The first kappa shape index (κ1) is 13.9. The van der Waals surface area contributed by atoms with Crippen LogP contribution in [0.25, 0.3) is 0 Å². The van der Waals surface area contributed by atoms with Crippen molar-refractivity contribution < 1.29 is 0 Å². The average Bonchev–Trinajstić information content (AvgIpc) is 2.47. The van der Waals surface area contributed by atoms with E-state index in [1.165, 1.54) is 17.3 Å². The molecule has 0 saturated carbocycles. The van der Waals surface area contributed by atoms with E-state index in [1.807, 2.05) is 0 Å². The van der Waals surface area contributed by atoms with Crippen LogP contribution in [-0.4, -0.2) is 20.2 Å². The average molecular weight is 275 g/mol. The van der Waals surface area contributed by atoms with Crippen LogP contribution in [0.1, 0.15) is 30.7 Å². The second-order valence-corrected chi connectivity index (χ2v) is 4.91. The topological polar surface area (TPSA) is 77.6 Å². The number of aryl methyl sites for hydroxylation is 1. The number of aromatic nitrogens is 4. The first-order valence-corrected chi connectivity index (χ1v) is 7.14. The second kappa shape index (κ2) is 6.58. The molecule has 6 heteroatoms. The Hall–Kier alpha value is -1.53. The third-order valence-corrected chi connectivity index (χ3v) is 3.77. The van der Waals surface area contributed by atoms with E-state index in [2.05, 4.69) is 34.0 Å². The molecule has 2 N–H and O–H groups in total. The van der Waals surface area contributed by atoms with Gasteiger partial charge in [0.1, 0.15) is 5.03 Å². The highest BCUT2D eigenvalue weighted by Crippen LogP contribution is 2.28. The Morgan fingerprint density at radius 3 is 2.37 bits per heavy atom. The maximum absolute atomic E-state index is 5.88. The quantitative estimate of drug-likeness (QED) is 0.841. The standard InChI is InChI=1S/C13H17N5S/c1-3-9-10(8-14)12(18-17-11(9)4-2)19-13-15-6-5-7-16-13/h5-7H,3-4,8,14H2,1-2H3. The van der Waals surface area contributed by atoms with Crippen molar-refractivity contribution in [3.8, 4) is 0 Å². The van der Waals surface area contributed by atoms with Gasteiger partial charge < -0.3 is 5.73 Å². The molecular weight excluding hydrogens is 258 g/mol. The van der Waals surface area contributed by atoms with E-state index in [1.54, 1.807) is 18.5 Å². The Labute approximate surface area is 117 Å². The van der Waals surface area contributed by atoms with Gasteiger partial charge in [0.2, 0.25) is 0 Å². The molecule has 0 spiro atoms. The minimum atomic E-state index is 0.459. The molecule has 0 unspecified atom stereocenters. The minimum absolute atomic E-state index is 0.459. The molecule has 2 aromatic heterocycles. The number of hydrogen-bond donors (Lipinski definition) is 1. The van der Waals surface area contributed by atoms with Gasteiger partial charge in [0.05, 0.1) is 5.69 Å². The van der Waals surface area contributed by atoms with E-state index in [4.69, 9.17) is 5.73 Å². The third kappa shape index (κ3) is 3.08. The lowest BCUT2D eigenvalue weighted by Gasteiger charge is -2.12. The molecule has 2 rings (SSSR count). The van der Waals surface area contributed by atoms with Crippen LogP contribution in [0, 0.1) is 0 Å². The Kier molecular flexibility index (Phi) is 4.81. The van der Waals surface area contributed by atoms with Crippen molar-refractivity contribution in [1.29, 1.82) is 0 Å². The SMILES string of the molecule is CCc1nnc(Sc2ncccn2)c(CN)c1CC. The number of rotatable bonds is 5. The van der Waals surface area contributed by atoms with Crippen molar-refractivity contribution in [3.63, 3.8) is 0 Å². The van der Waals surface area contributed by atoms with Crippen LogP contribution in [0.15, 0.2) is 28.6 Å². The lowest BCUT2D eigenvalue weighted by Crippen LogP contribution is -2.10. The molecule has 100 valence electrons. The monoisotopic (exact) mass is 275 g/mol. The minimum Gasteiger partial charge on any atom is -0.326 e. The van der Waals surface area contributed by atoms with Gasteiger partial charge in [0.25, 0.3) is 0 Å². The molecule has 0 aliphatic rings. The maximum atomic E-state index is 5.88. The van der Waals surface area contributed by atoms with Gasteiger partial charge in [-0.3, -0.25) is 0 Å². The molecule has 0 aliphatic carbocycles. The van der Waals surface area contributed by atoms with Crippen molar-refractivity contribution in [2.45, 2.75) is 43.4 Å². The summed E-state index contributed by atoms with van der Waals surface area (Å²) >= 11 is 1.41. The molecule has 0 bridgehead atoms. The van der Waals surface area contributed by atoms with Crippen molar-refractivity contribution >= 4 is 11.8 Å². The van der Waals surface area contributed by atoms with Crippen LogP contribution in [0.3, 0.4) is 0 Å². The molecule has 19 heavy (non-hydrogen) atoms. The van der Waals surface area contributed by atoms with Crippen molar-refractivity contribution in [1.82, 2.24) is 20.2 Å². The largest absolute Gasteiger partial charge is 0.326 e. The summed E-state index contributed by atoms with van der Waals surface area (Å²) in [4.78, 5) is 8.38. The van der Waals surface area contributed by atoms with Crippen LogP contribution >= 0.6 is 11.8 Å². The normalized spacial score (nSPS) is 10.7. The smallest absolute Gasteiger partial charge is 0.193 e. The Bertz CT molecular complexity index is 544. The number of nitrogens with two attached hydrogens (primary N) is 1.